The molecule has 0 amide bonds. The molecule has 0 aliphatic heterocycles. The largest absolute Gasteiger partial charge is 0.299 e. The topological polar surface area (TPSA) is 3.24 Å². The van der Waals surface area contributed by atoms with Crippen LogP contribution in [0, 0.1) is 5.92 Å². The Morgan fingerprint density at radius 1 is 1.29 bits per heavy atom. The summed E-state index contributed by atoms with van der Waals surface area (Å²) in [6.07, 6.45) is 5.54. The summed E-state index contributed by atoms with van der Waals surface area (Å²) in [7, 11) is 2.27. The van der Waals surface area contributed by atoms with E-state index in [-0.39, 0.29) is 0 Å². The lowest BCUT2D eigenvalue weighted by atomic mass is 9.86. The Kier molecular flexibility index (Phi) is 4.63. The first-order chi connectivity index (χ1) is 8.16. The van der Waals surface area contributed by atoms with Crippen LogP contribution in [0.25, 0.3) is 0 Å². The van der Waals surface area contributed by atoms with Crippen LogP contribution in [0.3, 0.4) is 0 Å². The summed E-state index contributed by atoms with van der Waals surface area (Å²) < 4.78 is 1.23. The third-order valence-corrected chi connectivity index (χ3v) is 4.68. The number of benzene rings is 1. The Labute approximate surface area is 113 Å². The van der Waals surface area contributed by atoms with E-state index in [4.69, 9.17) is 0 Å². The van der Waals surface area contributed by atoms with E-state index in [9.17, 15) is 0 Å². The Morgan fingerprint density at radius 3 is 2.76 bits per heavy atom. The Hall–Kier alpha value is -0.340. The quantitative estimate of drug-likeness (QED) is 0.796. The predicted octanol–water partition coefficient (Wildman–Crippen LogP) is 4.46. The van der Waals surface area contributed by atoms with Crippen LogP contribution in [0.1, 0.15) is 38.2 Å². The zero-order valence-electron chi connectivity index (χ0n) is 10.8. The van der Waals surface area contributed by atoms with E-state index < -0.39 is 0 Å². The summed E-state index contributed by atoms with van der Waals surface area (Å²) in [5, 5.41) is 0. The molecule has 2 rings (SSSR count). The first-order valence-electron chi connectivity index (χ1n) is 6.60. The first-order valence-corrected chi connectivity index (χ1v) is 7.39. The van der Waals surface area contributed by atoms with Crippen molar-refractivity contribution in [1.82, 2.24) is 4.90 Å². The number of halogens is 1. The second kappa shape index (κ2) is 6.01. The lowest BCUT2D eigenvalue weighted by molar-refractivity contribution is 0.157. The van der Waals surface area contributed by atoms with E-state index in [1.807, 2.05) is 0 Å². The van der Waals surface area contributed by atoms with Gasteiger partial charge in [0.25, 0.3) is 0 Å². The average molecular weight is 296 g/mol. The minimum absolute atomic E-state index is 0.769. The molecule has 1 aromatic carbocycles. The van der Waals surface area contributed by atoms with Gasteiger partial charge in [0.05, 0.1) is 0 Å². The van der Waals surface area contributed by atoms with Gasteiger partial charge in [-0.1, -0.05) is 53.9 Å². The highest BCUT2D eigenvalue weighted by molar-refractivity contribution is 9.10. The molecule has 0 bridgehead atoms. The summed E-state index contributed by atoms with van der Waals surface area (Å²) in [5.41, 5.74) is 1.40. The summed E-state index contributed by atoms with van der Waals surface area (Å²) in [6.45, 7) is 3.44. The van der Waals surface area contributed by atoms with Gasteiger partial charge in [-0.3, -0.25) is 4.90 Å². The Morgan fingerprint density at radius 2 is 2.06 bits per heavy atom. The van der Waals surface area contributed by atoms with E-state index in [2.05, 4.69) is 59.1 Å². The lowest BCUT2D eigenvalue weighted by Gasteiger charge is -2.34. The van der Waals surface area contributed by atoms with Crippen LogP contribution >= 0.6 is 15.9 Å². The maximum atomic E-state index is 3.63. The molecule has 0 radical (unpaired) electrons. The summed E-state index contributed by atoms with van der Waals surface area (Å²) in [4.78, 5) is 2.52. The molecule has 1 aliphatic carbocycles. The highest BCUT2D eigenvalue weighted by Crippen LogP contribution is 2.28. The van der Waals surface area contributed by atoms with Crippen molar-refractivity contribution in [2.45, 2.75) is 45.2 Å². The SMILES string of the molecule is CC1CCCC(N(C)Cc2ccccc2Br)C1. The van der Waals surface area contributed by atoms with Gasteiger partial charge in [0.15, 0.2) is 0 Å². The molecule has 1 nitrogen and oxygen atoms in total. The van der Waals surface area contributed by atoms with E-state index >= 15 is 0 Å². The molecule has 0 aromatic heterocycles. The van der Waals surface area contributed by atoms with E-state index in [0.29, 0.717) is 0 Å². The van der Waals surface area contributed by atoms with E-state index in [0.717, 1.165) is 18.5 Å². The van der Waals surface area contributed by atoms with Crippen LogP contribution in [0.5, 0.6) is 0 Å². The average Bonchev–Trinajstić information content (AvgIpc) is 2.32. The molecule has 1 fully saturated rings. The van der Waals surface area contributed by atoms with Crippen molar-refractivity contribution in [2.75, 3.05) is 7.05 Å². The fraction of sp³-hybridized carbons (Fsp3) is 0.600. The highest BCUT2D eigenvalue weighted by atomic mass is 79.9. The predicted molar refractivity (Wildman–Crippen MR) is 77.0 cm³/mol. The number of nitrogens with zero attached hydrogens (tertiary/aromatic N) is 1. The third kappa shape index (κ3) is 3.56. The molecule has 0 saturated heterocycles. The molecule has 1 aromatic rings. The number of rotatable bonds is 3. The standard InChI is InChI=1S/C15H22BrN/c1-12-6-5-8-14(10-12)17(2)11-13-7-3-4-9-15(13)16/h3-4,7,9,12,14H,5-6,8,10-11H2,1-2H3. The molecular formula is C15H22BrN. The normalized spacial score (nSPS) is 25.2. The molecule has 0 N–H and O–H groups in total. The molecule has 2 heteroatoms. The molecule has 0 spiro atoms. The van der Waals surface area contributed by atoms with Gasteiger partial charge < -0.3 is 0 Å². The number of hydrogen-bond donors (Lipinski definition) is 0. The summed E-state index contributed by atoms with van der Waals surface area (Å²) in [6, 6.07) is 9.32. The molecule has 1 aliphatic rings. The van der Waals surface area contributed by atoms with Crippen LogP contribution in [0.2, 0.25) is 0 Å². The molecule has 2 unspecified atom stereocenters. The fourth-order valence-corrected chi connectivity index (χ4v) is 3.24. The number of hydrogen-bond acceptors (Lipinski definition) is 1. The van der Waals surface area contributed by atoms with Crippen LogP contribution in [-0.4, -0.2) is 18.0 Å². The maximum Gasteiger partial charge on any atom is 0.0244 e. The van der Waals surface area contributed by atoms with Crippen LogP contribution in [0.4, 0.5) is 0 Å². The van der Waals surface area contributed by atoms with Crippen molar-refractivity contribution in [3.63, 3.8) is 0 Å². The van der Waals surface area contributed by atoms with Crippen LogP contribution < -0.4 is 0 Å². The fourth-order valence-electron chi connectivity index (χ4n) is 2.83. The van der Waals surface area contributed by atoms with Gasteiger partial charge in [-0.2, -0.15) is 0 Å². The molecule has 17 heavy (non-hydrogen) atoms. The van der Waals surface area contributed by atoms with Crippen molar-refractivity contribution in [3.8, 4) is 0 Å². The second-order valence-corrected chi connectivity index (χ2v) is 6.29. The Balaban J connectivity index is 1.96. The zero-order chi connectivity index (χ0) is 12.3. The monoisotopic (exact) mass is 295 g/mol. The van der Waals surface area contributed by atoms with Crippen molar-refractivity contribution in [2.24, 2.45) is 5.92 Å². The van der Waals surface area contributed by atoms with E-state index in [1.54, 1.807) is 0 Å². The smallest absolute Gasteiger partial charge is 0.0244 e. The van der Waals surface area contributed by atoms with Crippen molar-refractivity contribution < 1.29 is 0 Å². The Bertz CT molecular complexity index is 364. The van der Waals surface area contributed by atoms with Gasteiger partial charge in [-0.05, 0) is 37.4 Å². The molecule has 2 atom stereocenters. The van der Waals surface area contributed by atoms with Gasteiger partial charge in [0, 0.05) is 17.1 Å². The van der Waals surface area contributed by atoms with Gasteiger partial charge in [-0.15, -0.1) is 0 Å². The van der Waals surface area contributed by atoms with Gasteiger partial charge >= 0.3 is 0 Å². The lowest BCUT2D eigenvalue weighted by Crippen LogP contribution is -2.35. The van der Waals surface area contributed by atoms with Gasteiger partial charge in [0.2, 0.25) is 0 Å². The first kappa shape index (κ1) is 13.1. The van der Waals surface area contributed by atoms with Crippen molar-refractivity contribution in [1.29, 1.82) is 0 Å². The van der Waals surface area contributed by atoms with Crippen LogP contribution in [0.15, 0.2) is 28.7 Å². The minimum atomic E-state index is 0.769. The van der Waals surface area contributed by atoms with E-state index in [1.165, 1.54) is 35.7 Å². The van der Waals surface area contributed by atoms with Crippen molar-refractivity contribution >= 4 is 15.9 Å². The van der Waals surface area contributed by atoms with Gasteiger partial charge in [0.1, 0.15) is 0 Å². The molecule has 94 valence electrons. The second-order valence-electron chi connectivity index (χ2n) is 5.43. The highest BCUT2D eigenvalue weighted by Gasteiger charge is 2.22. The zero-order valence-corrected chi connectivity index (χ0v) is 12.4. The van der Waals surface area contributed by atoms with Crippen LogP contribution in [-0.2, 0) is 6.54 Å². The summed E-state index contributed by atoms with van der Waals surface area (Å²) >= 11 is 3.63. The maximum absolute atomic E-state index is 3.63. The van der Waals surface area contributed by atoms with Crippen molar-refractivity contribution in [3.05, 3.63) is 34.3 Å². The molecule has 0 heterocycles. The minimum Gasteiger partial charge on any atom is -0.299 e. The third-order valence-electron chi connectivity index (χ3n) is 3.91. The molecule has 1 saturated carbocycles. The van der Waals surface area contributed by atoms with Gasteiger partial charge in [-0.25, -0.2) is 0 Å². The molecular weight excluding hydrogens is 274 g/mol. The summed E-state index contributed by atoms with van der Waals surface area (Å²) in [5.74, 6) is 0.899.